The van der Waals surface area contributed by atoms with Crippen molar-refractivity contribution in [2.75, 3.05) is 27.3 Å². The number of pyridine rings is 1. The molecule has 5 heteroatoms. The zero-order valence-electron chi connectivity index (χ0n) is 15.4. The maximum Gasteiger partial charge on any atom is 0.339 e. The number of ether oxygens (including phenoxy) is 2. The van der Waals surface area contributed by atoms with E-state index in [0.717, 1.165) is 29.6 Å². The first-order chi connectivity index (χ1) is 12.6. The molecule has 0 saturated heterocycles. The topological polar surface area (TPSA) is 51.7 Å². The minimum Gasteiger partial charge on any atom is -0.492 e. The molecule has 26 heavy (non-hydrogen) atoms. The first-order valence-corrected chi connectivity index (χ1v) is 8.77. The molecule has 1 heterocycles. The van der Waals surface area contributed by atoms with E-state index in [9.17, 15) is 4.79 Å². The van der Waals surface area contributed by atoms with E-state index in [0.29, 0.717) is 18.1 Å². The van der Waals surface area contributed by atoms with E-state index in [1.165, 1.54) is 19.0 Å². The van der Waals surface area contributed by atoms with Gasteiger partial charge in [0.05, 0.1) is 24.7 Å². The van der Waals surface area contributed by atoms with Crippen LogP contribution in [0.1, 0.15) is 23.7 Å². The Labute approximate surface area is 153 Å². The zero-order chi connectivity index (χ0) is 18.5. The summed E-state index contributed by atoms with van der Waals surface area (Å²) in [5.41, 5.74) is 2.57. The van der Waals surface area contributed by atoms with Crippen molar-refractivity contribution in [3.63, 3.8) is 0 Å². The van der Waals surface area contributed by atoms with Gasteiger partial charge in [-0.1, -0.05) is 19.1 Å². The van der Waals surface area contributed by atoms with Crippen LogP contribution in [0.4, 0.5) is 0 Å². The molecular formula is C21H24N2O3. The first kappa shape index (κ1) is 18.0. The molecule has 1 atom stereocenters. The molecule has 0 spiro atoms. The van der Waals surface area contributed by atoms with E-state index in [1.807, 2.05) is 18.2 Å². The van der Waals surface area contributed by atoms with Gasteiger partial charge in [0.1, 0.15) is 12.4 Å². The normalized spacial score (nSPS) is 16.3. The number of allylic oxidation sites excluding steroid dienone is 4. The maximum atomic E-state index is 11.6. The van der Waals surface area contributed by atoms with Crippen LogP contribution in [-0.4, -0.2) is 43.2 Å². The number of nitrogens with zero attached hydrogens (tertiary/aromatic N) is 2. The van der Waals surface area contributed by atoms with Crippen molar-refractivity contribution in [3.05, 3.63) is 60.0 Å². The Kier molecular flexibility index (Phi) is 5.56. The van der Waals surface area contributed by atoms with Gasteiger partial charge in [-0.15, -0.1) is 0 Å². The summed E-state index contributed by atoms with van der Waals surface area (Å²) in [6.07, 6.45) is 9.10. The average Bonchev–Trinajstić information content (AvgIpc) is 2.67. The summed E-state index contributed by atoms with van der Waals surface area (Å²) in [4.78, 5) is 18.2. The van der Waals surface area contributed by atoms with Crippen molar-refractivity contribution in [1.82, 2.24) is 9.88 Å². The molecule has 0 N–H and O–H groups in total. The number of hydrogen-bond donors (Lipinski definition) is 0. The smallest absolute Gasteiger partial charge is 0.339 e. The van der Waals surface area contributed by atoms with E-state index in [4.69, 9.17) is 9.47 Å². The van der Waals surface area contributed by atoms with E-state index in [1.54, 1.807) is 6.07 Å². The second kappa shape index (κ2) is 8.04. The highest BCUT2D eigenvalue weighted by Crippen LogP contribution is 2.23. The van der Waals surface area contributed by atoms with E-state index < -0.39 is 0 Å². The monoisotopic (exact) mass is 352 g/mol. The summed E-state index contributed by atoms with van der Waals surface area (Å²) >= 11 is 0. The minimum atomic E-state index is -0.385. The van der Waals surface area contributed by atoms with Crippen molar-refractivity contribution >= 4 is 16.9 Å². The number of benzene rings is 1. The standard InChI is InChI=1S/C21H24N2O3/c1-15-6-4-5-7-20(15)23(2)10-11-26-18-9-8-16-12-17(21(24)25-3)14-22-19(16)13-18/h4-5,7-9,12-15H,6,10-11H2,1-3H3. The highest BCUT2D eigenvalue weighted by atomic mass is 16.5. The quantitative estimate of drug-likeness (QED) is 0.740. The molecule has 1 aromatic carbocycles. The number of likely N-dealkylation sites (N-methyl/N-ethyl adjacent to an activating group) is 1. The molecule has 1 aliphatic rings. The van der Waals surface area contributed by atoms with Crippen LogP contribution in [0.15, 0.2) is 54.4 Å². The van der Waals surface area contributed by atoms with Crippen molar-refractivity contribution in [1.29, 1.82) is 0 Å². The summed E-state index contributed by atoms with van der Waals surface area (Å²) in [6, 6.07) is 7.47. The van der Waals surface area contributed by atoms with Crippen molar-refractivity contribution in [2.24, 2.45) is 5.92 Å². The fraction of sp³-hybridized carbons (Fsp3) is 0.333. The summed E-state index contributed by atoms with van der Waals surface area (Å²) in [6.45, 7) is 3.65. The lowest BCUT2D eigenvalue weighted by Crippen LogP contribution is -2.27. The Balaban J connectivity index is 1.61. The van der Waals surface area contributed by atoms with Crippen LogP contribution in [0.2, 0.25) is 0 Å². The fourth-order valence-corrected chi connectivity index (χ4v) is 3.09. The molecule has 1 aromatic heterocycles. The molecule has 0 radical (unpaired) electrons. The van der Waals surface area contributed by atoms with Crippen LogP contribution in [0.3, 0.4) is 0 Å². The van der Waals surface area contributed by atoms with Gasteiger partial charge in [0, 0.05) is 30.4 Å². The van der Waals surface area contributed by atoms with Crippen molar-refractivity contribution in [3.8, 4) is 5.75 Å². The molecule has 0 amide bonds. The number of carbonyl (C=O) groups excluding carboxylic acids is 1. The maximum absolute atomic E-state index is 11.6. The van der Waals surface area contributed by atoms with Crippen molar-refractivity contribution in [2.45, 2.75) is 13.3 Å². The number of aromatic nitrogens is 1. The van der Waals surface area contributed by atoms with Crippen LogP contribution in [0, 0.1) is 5.92 Å². The molecule has 2 aromatic rings. The Bertz CT molecular complexity index is 857. The second-order valence-corrected chi connectivity index (χ2v) is 6.50. The number of hydrogen-bond acceptors (Lipinski definition) is 5. The summed E-state index contributed by atoms with van der Waals surface area (Å²) in [7, 11) is 3.46. The third-order valence-electron chi connectivity index (χ3n) is 4.61. The fourth-order valence-electron chi connectivity index (χ4n) is 3.09. The lowest BCUT2D eigenvalue weighted by Gasteiger charge is -2.28. The van der Waals surface area contributed by atoms with Gasteiger partial charge >= 0.3 is 5.97 Å². The lowest BCUT2D eigenvalue weighted by atomic mass is 9.98. The van der Waals surface area contributed by atoms with Gasteiger partial charge in [-0.3, -0.25) is 4.98 Å². The Morgan fingerprint density at radius 1 is 1.35 bits per heavy atom. The van der Waals surface area contributed by atoms with Gasteiger partial charge in [0.25, 0.3) is 0 Å². The second-order valence-electron chi connectivity index (χ2n) is 6.50. The lowest BCUT2D eigenvalue weighted by molar-refractivity contribution is 0.0600. The first-order valence-electron chi connectivity index (χ1n) is 8.77. The zero-order valence-corrected chi connectivity index (χ0v) is 15.4. The number of rotatable bonds is 6. The molecule has 136 valence electrons. The molecule has 1 aliphatic carbocycles. The largest absolute Gasteiger partial charge is 0.492 e. The molecule has 3 rings (SSSR count). The van der Waals surface area contributed by atoms with Gasteiger partial charge in [0.15, 0.2) is 0 Å². The predicted molar refractivity (Wildman–Crippen MR) is 102 cm³/mol. The van der Waals surface area contributed by atoms with Gasteiger partial charge in [-0.05, 0) is 36.6 Å². The third kappa shape index (κ3) is 4.04. The highest BCUT2D eigenvalue weighted by Gasteiger charge is 2.14. The summed E-state index contributed by atoms with van der Waals surface area (Å²) < 4.78 is 10.6. The van der Waals surface area contributed by atoms with Crippen LogP contribution >= 0.6 is 0 Å². The Morgan fingerprint density at radius 2 is 2.19 bits per heavy atom. The number of esters is 1. The van der Waals surface area contributed by atoms with Crippen LogP contribution < -0.4 is 4.74 Å². The summed E-state index contributed by atoms with van der Waals surface area (Å²) in [5.74, 6) is 0.928. The van der Waals surface area contributed by atoms with Crippen molar-refractivity contribution < 1.29 is 14.3 Å². The van der Waals surface area contributed by atoms with Crippen LogP contribution in [0.25, 0.3) is 10.9 Å². The van der Waals surface area contributed by atoms with E-state index >= 15 is 0 Å². The van der Waals surface area contributed by atoms with Crippen LogP contribution in [0.5, 0.6) is 5.75 Å². The predicted octanol–water partition coefficient (Wildman–Crippen LogP) is 3.81. The molecule has 0 bridgehead atoms. The summed E-state index contributed by atoms with van der Waals surface area (Å²) in [5, 5.41) is 0.880. The van der Waals surface area contributed by atoms with E-state index in [-0.39, 0.29) is 5.97 Å². The SMILES string of the molecule is COC(=O)c1cnc2cc(OCCN(C)C3=CC=CCC3C)ccc2c1. The molecule has 0 saturated carbocycles. The number of methoxy groups -OCH3 is 1. The van der Waals surface area contributed by atoms with Gasteiger partial charge in [-0.25, -0.2) is 4.79 Å². The molecule has 5 nitrogen and oxygen atoms in total. The molecular weight excluding hydrogens is 328 g/mol. The van der Waals surface area contributed by atoms with Gasteiger partial charge in [0.2, 0.25) is 0 Å². The molecule has 1 unspecified atom stereocenters. The van der Waals surface area contributed by atoms with Gasteiger partial charge in [-0.2, -0.15) is 0 Å². The average molecular weight is 352 g/mol. The van der Waals surface area contributed by atoms with E-state index in [2.05, 4.69) is 42.1 Å². The third-order valence-corrected chi connectivity index (χ3v) is 4.61. The minimum absolute atomic E-state index is 0.385. The molecule has 0 fully saturated rings. The number of fused-ring (bicyclic) bond motifs is 1. The Hall–Kier alpha value is -2.82. The van der Waals surface area contributed by atoms with Crippen LogP contribution in [-0.2, 0) is 4.74 Å². The van der Waals surface area contributed by atoms with Gasteiger partial charge < -0.3 is 14.4 Å². The molecule has 0 aliphatic heterocycles. The number of carbonyl (C=O) groups is 1. The Morgan fingerprint density at radius 3 is 2.96 bits per heavy atom. The highest BCUT2D eigenvalue weighted by molar-refractivity contribution is 5.93.